The van der Waals surface area contributed by atoms with Crippen molar-refractivity contribution in [2.24, 2.45) is 0 Å². The fourth-order valence-electron chi connectivity index (χ4n) is 2.22. The van der Waals surface area contributed by atoms with E-state index in [1.165, 1.54) is 5.56 Å². The molecule has 1 aliphatic heterocycles. The van der Waals surface area contributed by atoms with E-state index < -0.39 is 0 Å². The quantitative estimate of drug-likeness (QED) is 0.827. The fourth-order valence-corrected chi connectivity index (χ4v) is 2.22. The zero-order valence-corrected chi connectivity index (χ0v) is 11.5. The summed E-state index contributed by atoms with van der Waals surface area (Å²) in [6.45, 7) is 3.13. The third-order valence-corrected chi connectivity index (χ3v) is 3.52. The van der Waals surface area contributed by atoms with Gasteiger partial charge in [0.15, 0.2) is 0 Å². The number of nitrogens with one attached hydrogen (secondary N) is 1. The molecule has 3 heteroatoms. The molecule has 1 aromatic carbocycles. The van der Waals surface area contributed by atoms with Gasteiger partial charge in [0.25, 0.3) is 0 Å². The number of phenols is 1. The molecule has 0 aliphatic carbocycles. The zero-order chi connectivity index (χ0) is 13.5. The standard InChI is InChI=1S/C16H23NO2/c1-13(17-12-16-4-2-3-11-19-16)5-6-14-7-9-15(18)10-8-14/h3,7-11,13,16-18H,2,4-6,12H2,1H3/t13-,16+/m1/s1. The molecule has 104 valence electrons. The van der Waals surface area contributed by atoms with Crippen molar-refractivity contribution in [3.8, 4) is 5.75 Å². The van der Waals surface area contributed by atoms with Crippen LogP contribution in [0.1, 0.15) is 31.7 Å². The minimum absolute atomic E-state index is 0.320. The average Bonchev–Trinajstić information content (AvgIpc) is 2.45. The van der Waals surface area contributed by atoms with Crippen LogP contribution in [0, 0.1) is 0 Å². The van der Waals surface area contributed by atoms with Crippen molar-refractivity contribution >= 4 is 0 Å². The van der Waals surface area contributed by atoms with Gasteiger partial charge in [-0.3, -0.25) is 0 Å². The topological polar surface area (TPSA) is 41.5 Å². The summed E-state index contributed by atoms with van der Waals surface area (Å²) in [5.41, 5.74) is 1.27. The second kappa shape index (κ2) is 7.19. The Kier molecular flexibility index (Phi) is 5.28. The van der Waals surface area contributed by atoms with Crippen LogP contribution in [0.2, 0.25) is 0 Å². The smallest absolute Gasteiger partial charge is 0.115 e. The average molecular weight is 261 g/mol. The van der Waals surface area contributed by atoms with Crippen molar-refractivity contribution in [3.05, 3.63) is 42.2 Å². The lowest BCUT2D eigenvalue weighted by Crippen LogP contribution is -2.35. The number of ether oxygens (including phenoxy) is 1. The molecule has 2 atom stereocenters. The zero-order valence-electron chi connectivity index (χ0n) is 11.5. The maximum absolute atomic E-state index is 9.23. The first kappa shape index (κ1) is 13.9. The molecule has 2 rings (SSSR count). The highest BCUT2D eigenvalue weighted by atomic mass is 16.5. The first-order chi connectivity index (χ1) is 9.24. The summed E-state index contributed by atoms with van der Waals surface area (Å²) in [6, 6.07) is 7.93. The van der Waals surface area contributed by atoms with Crippen molar-refractivity contribution in [2.75, 3.05) is 6.54 Å². The van der Waals surface area contributed by atoms with Gasteiger partial charge in [-0.05, 0) is 56.4 Å². The summed E-state index contributed by atoms with van der Waals surface area (Å²) in [5, 5.41) is 12.8. The molecular formula is C16H23NO2. The molecule has 0 fully saturated rings. The predicted molar refractivity (Wildman–Crippen MR) is 77.1 cm³/mol. The van der Waals surface area contributed by atoms with Crippen LogP contribution in [0.4, 0.5) is 0 Å². The number of rotatable bonds is 6. The first-order valence-electron chi connectivity index (χ1n) is 7.06. The molecule has 3 nitrogen and oxygen atoms in total. The lowest BCUT2D eigenvalue weighted by atomic mass is 10.1. The third-order valence-electron chi connectivity index (χ3n) is 3.52. The molecular weight excluding hydrogens is 238 g/mol. The van der Waals surface area contributed by atoms with E-state index >= 15 is 0 Å². The van der Waals surface area contributed by atoms with E-state index in [9.17, 15) is 5.11 Å². The minimum Gasteiger partial charge on any atom is -0.508 e. The maximum Gasteiger partial charge on any atom is 0.115 e. The van der Waals surface area contributed by atoms with Crippen LogP contribution in [0.25, 0.3) is 0 Å². The molecule has 0 amide bonds. The van der Waals surface area contributed by atoms with Crippen LogP contribution in [0.15, 0.2) is 36.6 Å². The number of allylic oxidation sites excluding steroid dienone is 1. The monoisotopic (exact) mass is 261 g/mol. The molecule has 0 unspecified atom stereocenters. The van der Waals surface area contributed by atoms with Gasteiger partial charge in [0.05, 0.1) is 6.26 Å². The van der Waals surface area contributed by atoms with Crippen molar-refractivity contribution in [1.82, 2.24) is 5.32 Å². The van der Waals surface area contributed by atoms with Gasteiger partial charge in [-0.2, -0.15) is 0 Å². The van der Waals surface area contributed by atoms with Crippen LogP contribution in [0.3, 0.4) is 0 Å². The molecule has 0 saturated carbocycles. The first-order valence-corrected chi connectivity index (χ1v) is 7.06. The van der Waals surface area contributed by atoms with E-state index in [0.717, 1.165) is 32.2 Å². The molecule has 0 radical (unpaired) electrons. The lowest BCUT2D eigenvalue weighted by molar-refractivity contribution is 0.119. The highest BCUT2D eigenvalue weighted by molar-refractivity contribution is 5.25. The summed E-state index contributed by atoms with van der Waals surface area (Å²) in [4.78, 5) is 0. The molecule has 0 saturated heterocycles. The van der Waals surface area contributed by atoms with Crippen LogP contribution >= 0.6 is 0 Å². The summed E-state index contributed by atoms with van der Waals surface area (Å²) in [7, 11) is 0. The van der Waals surface area contributed by atoms with E-state index in [2.05, 4.69) is 18.3 Å². The van der Waals surface area contributed by atoms with E-state index in [1.54, 1.807) is 12.1 Å². The predicted octanol–water partition coefficient (Wildman–Crippen LogP) is 3.00. The van der Waals surface area contributed by atoms with Gasteiger partial charge >= 0.3 is 0 Å². The van der Waals surface area contributed by atoms with Crippen molar-refractivity contribution < 1.29 is 9.84 Å². The summed E-state index contributed by atoms with van der Waals surface area (Å²) in [6.07, 6.45) is 8.55. The summed E-state index contributed by atoms with van der Waals surface area (Å²) in [5.74, 6) is 0.331. The van der Waals surface area contributed by atoms with E-state index in [4.69, 9.17) is 4.74 Å². The Hall–Kier alpha value is -1.48. The number of benzene rings is 1. The molecule has 1 aliphatic rings. The number of phenolic OH excluding ortho intramolecular Hbond substituents is 1. The largest absolute Gasteiger partial charge is 0.508 e. The SMILES string of the molecule is C[C@H](CCc1ccc(O)cc1)NC[C@@H]1CCC=CO1. The summed E-state index contributed by atoms with van der Waals surface area (Å²) >= 11 is 0. The Labute approximate surface area is 115 Å². The molecule has 2 N–H and O–H groups in total. The Bertz CT molecular complexity index is 400. The van der Waals surface area contributed by atoms with E-state index in [0.29, 0.717) is 17.9 Å². The van der Waals surface area contributed by atoms with Gasteiger partial charge in [0.1, 0.15) is 11.9 Å². The molecule has 0 aromatic heterocycles. The van der Waals surface area contributed by atoms with E-state index in [-0.39, 0.29) is 0 Å². The Balaban J connectivity index is 1.65. The van der Waals surface area contributed by atoms with Crippen molar-refractivity contribution in [3.63, 3.8) is 0 Å². The molecule has 0 spiro atoms. The molecule has 19 heavy (non-hydrogen) atoms. The fraction of sp³-hybridized carbons (Fsp3) is 0.500. The van der Waals surface area contributed by atoms with Crippen LogP contribution in [-0.4, -0.2) is 23.8 Å². The third kappa shape index (κ3) is 4.95. The maximum atomic E-state index is 9.23. The van der Waals surface area contributed by atoms with E-state index in [1.807, 2.05) is 18.4 Å². The van der Waals surface area contributed by atoms with Crippen LogP contribution < -0.4 is 5.32 Å². The lowest BCUT2D eigenvalue weighted by Gasteiger charge is -2.22. The van der Waals surface area contributed by atoms with Crippen molar-refractivity contribution in [1.29, 1.82) is 0 Å². The highest BCUT2D eigenvalue weighted by Crippen LogP contribution is 2.12. The number of hydrogen-bond donors (Lipinski definition) is 2. The number of hydrogen-bond acceptors (Lipinski definition) is 3. The van der Waals surface area contributed by atoms with Gasteiger partial charge in [-0.25, -0.2) is 0 Å². The van der Waals surface area contributed by atoms with Gasteiger partial charge in [-0.1, -0.05) is 12.1 Å². The van der Waals surface area contributed by atoms with Gasteiger partial charge < -0.3 is 15.2 Å². The van der Waals surface area contributed by atoms with Crippen LogP contribution in [-0.2, 0) is 11.2 Å². The molecule has 0 bridgehead atoms. The van der Waals surface area contributed by atoms with Crippen LogP contribution in [0.5, 0.6) is 5.75 Å². The second-order valence-corrected chi connectivity index (χ2v) is 5.22. The number of aromatic hydroxyl groups is 1. The second-order valence-electron chi connectivity index (χ2n) is 5.22. The number of aryl methyl sites for hydroxylation is 1. The van der Waals surface area contributed by atoms with Gasteiger partial charge in [0, 0.05) is 12.6 Å². The Morgan fingerprint density at radius 2 is 2.16 bits per heavy atom. The Morgan fingerprint density at radius 1 is 1.37 bits per heavy atom. The normalized spacial score (nSPS) is 19.9. The van der Waals surface area contributed by atoms with Crippen molar-refractivity contribution in [2.45, 2.75) is 44.8 Å². The van der Waals surface area contributed by atoms with Gasteiger partial charge in [0.2, 0.25) is 0 Å². The highest BCUT2D eigenvalue weighted by Gasteiger charge is 2.12. The molecule has 1 heterocycles. The molecule has 1 aromatic rings. The Morgan fingerprint density at radius 3 is 2.84 bits per heavy atom. The summed E-state index contributed by atoms with van der Waals surface area (Å²) < 4.78 is 5.53. The minimum atomic E-state index is 0.320. The van der Waals surface area contributed by atoms with Gasteiger partial charge in [-0.15, -0.1) is 0 Å².